The fourth-order valence-corrected chi connectivity index (χ4v) is 13.5. The van der Waals surface area contributed by atoms with Crippen LogP contribution in [0.2, 0.25) is 0 Å². The van der Waals surface area contributed by atoms with Crippen LogP contribution in [-0.4, -0.2) is 69.9 Å². The third kappa shape index (κ3) is 20.7. The number of halogens is 6. The number of hydrogen-bond donors (Lipinski definition) is 0. The van der Waals surface area contributed by atoms with Crippen LogP contribution in [0.3, 0.4) is 0 Å². The zero-order valence-electron chi connectivity index (χ0n) is 23.8. The average Bonchev–Trinajstić information content (AvgIpc) is 2.43. The molecule has 0 amide bonds. The second-order valence-corrected chi connectivity index (χ2v) is 23.9. The average molecular weight is 744 g/mol. The Morgan fingerprint density at radius 2 is 0.605 bits per heavy atom. The molecular weight excluding hydrogens is 699 g/mol. The Kier molecular flexibility index (Phi) is 20.4. The first-order valence-corrected chi connectivity index (χ1v) is 17.0. The van der Waals surface area contributed by atoms with Gasteiger partial charge in [0.1, 0.15) is 0 Å². The fourth-order valence-electron chi connectivity index (χ4n) is 4.00. The SMILES string of the molecule is CC(C)(C)[PH+](CC[PH+](C(C)(C)C)C(C)(C)C)C(C)(C)C.O=S(=O)([O-])C(F)(F)F.O=S(=O)([O-])C(F)(F)F.[OH3+].[Pd+2]. The van der Waals surface area contributed by atoms with E-state index in [0.29, 0.717) is 20.6 Å². The number of alkyl halides is 6. The van der Waals surface area contributed by atoms with Crippen molar-refractivity contribution in [2.45, 2.75) is 115 Å². The zero-order valence-corrected chi connectivity index (χ0v) is 29.0. The summed E-state index contributed by atoms with van der Waals surface area (Å²) in [4.78, 5) is 0. The third-order valence-electron chi connectivity index (χ3n) is 4.81. The van der Waals surface area contributed by atoms with Crippen LogP contribution >= 0.6 is 15.8 Å². The molecule has 0 aliphatic rings. The molecule has 0 aliphatic carbocycles. The molecule has 0 aliphatic heterocycles. The first-order valence-electron chi connectivity index (χ1n) is 10.7. The summed E-state index contributed by atoms with van der Waals surface area (Å²) in [6.07, 6.45) is 2.97. The summed E-state index contributed by atoms with van der Waals surface area (Å²) in [7, 11) is -12.9. The third-order valence-corrected chi connectivity index (χ3v) is 15.2. The molecule has 38 heavy (non-hydrogen) atoms. The summed E-state index contributed by atoms with van der Waals surface area (Å²) in [5, 5.41) is 2.02. The predicted molar refractivity (Wildman–Crippen MR) is 142 cm³/mol. The Hall–Kier alpha value is 0.882. The van der Waals surface area contributed by atoms with Crippen molar-refractivity contribution in [2.75, 3.05) is 12.3 Å². The van der Waals surface area contributed by atoms with Crippen molar-refractivity contribution < 1.29 is 78.2 Å². The van der Waals surface area contributed by atoms with Gasteiger partial charge in [0.15, 0.2) is 20.2 Å². The molecule has 0 heterocycles. The van der Waals surface area contributed by atoms with E-state index < -0.39 is 31.3 Å². The Balaban J connectivity index is -0.000000167. The minimum Gasteiger partial charge on any atom is -0.741 e. The van der Waals surface area contributed by atoms with Crippen LogP contribution in [0, 0.1) is 0 Å². The van der Waals surface area contributed by atoms with Gasteiger partial charge in [0.05, 0.1) is 32.9 Å². The quantitative estimate of drug-likeness (QED) is 0.0894. The molecule has 0 aromatic carbocycles. The summed E-state index contributed by atoms with van der Waals surface area (Å²) in [5.74, 6) is 0. The van der Waals surface area contributed by atoms with Crippen LogP contribution in [0.15, 0.2) is 0 Å². The van der Waals surface area contributed by atoms with Crippen molar-refractivity contribution >= 4 is 36.1 Å². The van der Waals surface area contributed by atoms with Crippen LogP contribution in [0.25, 0.3) is 0 Å². The van der Waals surface area contributed by atoms with E-state index in [1.807, 2.05) is 0 Å². The van der Waals surface area contributed by atoms with E-state index in [0.717, 1.165) is 0 Å². The molecule has 18 heteroatoms. The first-order chi connectivity index (χ1) is 15.0. The van der Waals surface area contributed by atoms with Crippen LogP contribution in [-0.2, 0) is 46.1 Å². The topological polar surface area (TPSA) is 147 Å². The second kappa shape index (κ2) is 15.9. The van der Waals surface area contributed by atoms with Gasteiger partial charge in [-0.15, -0.1) is 0 Å². The molecule has 238 valence electrons. The van der Waals surface area contributed by atoms with Gasteiger partial charge in [0.2, 0.25) is 0 Å². The molecule has 0 fully saturated rings. The van der Waals surface area contributed by atoms with E-state index >= 15 is 0 Å². The van der Waals surface area contributed by atoms with Gasteiger partial charge < -0.3 is 14.6 Å². The predicted octanol–water partition coefficient (Wildman–Crippen LogP) is 5.79. The molecule has 3 N–H and O–H groups in total. The molecule has 0 bridgehead atoms. The van der Waals surface area contributed by atoms with Gasteiger partial charge in [-0.3, -0.25) is 0 Å². The van der Waals surface area contributed by atoms with E-state index in [1.165, 1.54) is 12.3 Å². The summed E-state index contributed by atoms with van der Waals surface area (Å²) >= 11 is 0. The van der Waals surface area contributed by atoms with Gasteiger partial charge >= 0.3 is 31.4 Å². The van der Waals surface area contributed by atoms with Crippen LogP contribution < -0.4 is 0 Å². The Labute approximate surface area is 240 Å². The standard InChI is InChI=1S/C18H40P2.2CHF3O3S.H2O.Pd/c1-15(2,3)19(16(4,5)6)13-14-20(17(7,8)9)18(10,11)12;2*2-1(3,4)8(5,6)7;;/h13-14H2,1-12H3;2*(H,5,6,7);1H2;/q;;;;+2/p+1. The van der Waals surface area contributed by atoms with Crippen LogP contribution in [0.4, 0.5) is 26.3 Å². The fraction of sp³-hybridized carbons (Fsp3) is 1.00. The molecule has 0 aromatic heterocycles. The summed E-state index contributed by atoms with van der Waals surface area (Å²) in [6, 6.07) is 0. The maximum Gasteiger partial charge on any atom is 2.00 e. The van der Waals surface area contributed by atoms with Crippen molar-refractivity contribution in [2.24, 2.45) is 0 Å². The van der Waals surface area contributed by atoms with E-state index in [9.17, 15) is 26.3 Å². The van der Waals surface area contributed by atoms with E-state index in [4.69, 9.17) is 25.9 Å². The molecule has 0 radical (unpaired) electrons. The van der Waals surface area contributed by atoms with E-state index in [2.05, 4.69) is 83.1 Å². The molecule has 0 aromatic rings. The maximum absolute atomic E-state index is 10.7. The second-order valence-electron chi connectivity index (χ2n) is 12.3. The molecular formula is C20H45F6O7P2PdS2+3. The zero-order chi connectivity index (χ0) is 30.6. The van der Waals surface area contributed by atoms with Gasteiger partial charge in [0.25, 0.3) is 0 Å². The summed E-state index contributed by atoms with van der Waals surface area (Å²) < 4.78 is 118. The van der Waals surface area contributed by atoms with Gasteiger partial charge in [-0.1, -0.05) is 0 Å². The van der Waals surface area contributed by atoms with E-state index in [-0.39, 0.29) is 41.7 Å². The van der Waals surface area contributed by atoms with E-state index in [1.54, 1.807) is 0 Å². The molecule has 0 spiro atoms. The van der Waals surface area contributed by atoms with Crippen LogP contribution in [0.5, 0.6) is 0 Å². The number of rotatable bonds is 3. The number of hydrogen-bond acceptors (Lipinski definition) is 6. The summed E-state index contributed by atoms with van der Waals surface area (Å²) in [6.45, 7) is 29.6. The van der Waals surface area contributed by atoms with Gasteiger partial charge in [-0.2, -0.15) is 26.3 Å². The molecule has 0 unspecified atom stereocenters. The van der Waals surface area contributed by atoms with Gasteiger partial charge in [-0.25, -0.2) is 16.8 Å². The Morgan fingerprint density at radius 3 is 0.658 bits per heavy atom. The van der Waals surface area contributed by atoms with Crippen molar-refractivity contribution in [1.29, 1.82) is 0 Å². The summed E-state index contributed by atoms with van der Waals surface area (Å²) in [5.41, 5.74) is -11.3. The van der Waals surface area contributed by atoms with Crippen molar-refractivity contribution in [3.63, 3.8) is 0 Å². The molecule has 0 saturated carbocycles. The molecule has 0 rings (SSSR count). The van der Waals surface area contributed by atoms with Gasteiger partial charge in [0, 0.05) is 15.8 Å². The maximum atomic E-state index is 10.7. The molecule has 0 atom stereocenters. The normalized spacial score (nSPS) is 13.9. The molecule has 7 nitrogen and oxygen atoms in total. The van der Waals surface area contributed by atoms with Crippen LogP contribution in [0.1, 0.15) is 83.1 Å². The Bertz CT molecular complexity index is 782. The monoisotopic (exact) mass is 743 g/mol. The van der Waals surface area contributed by atoms with Crippen molar-refractivity contribution in [3.8, 4) is 0 Å². The van der Waals surface area contributed by atoms with Crippen molar-refractivity contribution in [1.82, 2.24) is 0 Å². The molecule has 0 saturated heterocycles. The Morgan fingerprint density at radius 1 is 0.500 bits per heavy atom. The smallest absolute Gasteiger partial charge is 0.741 e. The largest absolute Gasteiger partial charge is 2.00 e. The minimum atomic E-state index is -6.09. The van der Waals surface area contributed by atoms with Gasteiger partial charge in [-0.05, 0) is 83.1 Å². The first kappa shape index (κ1) is 48.6. The minimum absolute atomic E-state index is 0. The van der Waals surface area contributed by atoms with Crippen molar-refractivity contribution in [3.05, 3.63) is 0 Å².